The smallest absolute Gasteiger partial charge is 0.279 e. The first-order chi connectivity index (χ1) is 12.1. The molecule has 3 N–H and O–H groups in total. The lowest BCUT2D eigenvalue weighted by Crippen LogP contribution is -3.14. The summed E-state index contributed by atoms with van der Waals surface area (Å²) in [6.07, 6.45) is 6.83. The van der Waals surface area contributed by atoms with Crippen LogP contribution < -0.4 is 15.5 Å². The van der Waals surface area contributed by atoms with Crippen LogP contribution in [0.4, 0.5) is 5.69 Å². The molecule has 0 radical (unpaired) electrons. The first-order valence-corrected chi connectivity index (χ1v) is 9.65. The van der Waals surface area contributed by atoms with Crippen molar-refractivity contribution in [2.45, 2.75) is 51.5 Å². The number of quaternary nitrogens is 1. The minimum atomic E-state index is -0.0815. The Balaban J connectivity index is 1.58. The van der Waals surface area contributed by atoms with Gasteiger partial charge in [-0.25, -0.2) is 0 Å². The lowest BCUT2D eigenvalue weighted by molar-refractivity contribution is -0.897. The fraction of sp³-hybridized carbons (Fsp3) is 0.600. The van der Waals surface area contributed by atoms with E-state index < -0.39 is 0 Å². The molecule has 2 fully saturated rings. The van der Waals surface area contributed by atoms with Crippen molar-refractivity contribution in [2.75, 3.05) is 25.0 Å². The molecule has 2 aliphatic rings. The van der Waals surface area contributed by atoms with Crippen LogP contribution in [-0.4, -0.2) is 37.5 Å². The van der Waals surface area contributed by atoms with Crippen LogP contribution in [0.15, 0.2) is 24.3 Å². The van der Waals surface area contributed by atoms with Crippen molar-refractivity contribution in [1.29, 1.82) is 0 Å². The van der Waals surface area contributed by atoms with Crippen LogP contribution in [0.25, 0.3) is 0 Å². The number of hydrogen-bond acceptors (Lipinski definition) is 2. The Labute approximate surface area is 150 Å². The molecule has 0 unspecified atom stereocenters. The van der Waals surface area contributed by atoms with E-state index in [0.29, 0.717) is 17.8 Å². The first kappa shape index (κ1) is 17.9. The molecule has 136 valence electrons. The Kier molecular flexibility index (Phi) is 6.08. The Morgan fingerprint density at radius 1 is 1.08 bits per heavy atom. The van der Waals surface area contributed by atoms with Gasteiger partial charge in [-0.1, -0.05) is 31.9 Å². The van der Waals surface area contributed by atoms with Crippen molar-refractivity contribution in [1.82, 2.24) is 5.32 Å². The molecule has 0 spiro atoms. The van der Waals surface area contributed by atoms with Gasteiger partial charge in [-0.15, -0.1) is 0 Å². The van der Waals surface area contributed by atoms with E-state index in [-0.39, 0.29) is 17.9 Å². The molecule has 1 aromatic carbocycles. The Bertz CT molecular complexity index is 603. The van der Waals surface area contributed by atoms with E-state index in [1.54, 1.807) is 6.07 Å². The molecule has 1 saturated heterocycles. The second-order valence-corrected chi connectivity index (χ2v) is 7.66. The highest BCUT2D eigenvalue weighted by Crippen LogP contribution is 2.20. The van der Waals surface area contributed by atoms with Gasteiger partial charge in [0.05, 0.1) is 24.3 Å². The molecule has 1 aromatic rings. The van der Waals surface area contributed by atoms with Crippen molar-refractivity contribution in [2.24, 2.45) is 5.92 Å². The highest BCUT2D eigenvalue weighted by atomic mass is 16.2. The lowest BCUT2D eigenvalue weighted by atomic mass is 9.99. The summed E-state index contributed by atoms with van der Waals surface area (Å²) in [6.45, 7) is 4.86. The van der Waals surface area contributed by atoms with Crippen molar-refractivity contribution >= 4 is 17.5 Å². The van der Waals surface area contributed by atoms with Crippen LogP contribution in [0, 0.1) is 5.92 Å². The number of hydrogen-bond donors (Lipinski definition) is 3. The zero-order chi connectivity index (χ0) is 17.6. The van der Waals surface area contributed by atoms with Gasteiger partial charge >= 0.3 is 0 Å². The molecule has 1 aliphatic carbocycles. The first-order valence-electron chi connectivity index (χ1n) is 9.65. The summed E-state index contributed by atoms with van der Waals surface area (Å²) < 4.78 is 0. The average molecular weight is 344 g/mol. The number of carbonyl (C=O) groups excluding carboxylic acids is 2. The maximum absolute atomic E-state index is 12.6. The molecule has 1 aliphatic heterocycles. The van der Waals surface area contributed by atoms with Gasteiger partial charge in [-0.3, -0.25) is 9.59 Å². The standard InChI is InChI=1S/C20H29N3O2/c1-15-10-12-23(13-11-15)14-19(24)22-18-9-5-4-8-17(18)20(25)21-16-6-2-3-7-16/h4-5,8-9,15-16H,2-3,6-7,10-14H2,1H3,(H,21,25)(H,22,24)/p+1. The Morgan fingerprint density at radius 3 is 2.48 bits per heavy atom. The maximum atomic E-state index is 12.6. The summed E-state index contributed by atoms with van der Waals surface area (Å²) in [5.41, 5.74) is 1.18. The number of rotatable bonds is 5. The third-order valence-corrected chi connectivity index (χ3v) is 5.53. The topological polar surface area (TPSA) is 62.6 Å². The fourth-order valence-corrected chi connectivity index (χ4v) is 3.89. The zero-order valence-corrected chi connectivity index (χ0v) is 15.1. The highest BCUT2D eigenvalue weighted by molar-refractivity contribution is 6.04. The molecule has 1 heterocycles. The van der Waals surface area contributed by atoms with Crippen LogP contribution in [-0.2, 0) is 4.79 Å². The van der Waals surface area contributed by atoms with Gasteiger partial charge in [0.25, 0.3) is 11.8 Å². The Morgan fingerprint density at radius 2 is 1.76 bits per heavy atom. The molecule has 3 rings (SSSR count). The third-order valence-electron chi connectivity index (χ3n) is 5.53. The molecule has 5 heteroatoms. The summed E-state index contributed by atoms with van der Waals surface area (Å²) in [7, 11) is 0. The number of anilines is 1. The molecule has 25 heavy (non-hydrogen) atoms. The van der Waals surface area contributed by atoms with E-state index in [1.807, 2.05) is 18.2 Å². The van der Waals surface area contributed by atoms with E-state index in [4.69, 9.17) is 0 Å². The summed E-state index contributed by atoms with van der Waals surface area (Å²) in [4.78, 5) is 26.3. The van der Waals surface area contributed by atoms with Crippen molar-refractivity contribution in [3.8, 4) is 0 Å². The quantitative estimate of drug-likeness (QED) is 0.760. The third kappa shape index (κ3) is 5.05. The van der Waals surface area contributed by atoms with Gasteiger partial charge in [-0.2, -0.15) is 0 Å². The fourth-order valence-electron chi connectivity index (χ4n) is 3.89. The number of carbonyl (C=O) groups is 2. The van der Waals surface area contributed by atoms with Crippen LogP contribution in [0.5, 0.6) is 0 Å². The van der Waals surface area contributed by atoms with Gasteiger partial charge in [0.2, 0.25) is 0 Å². The second kappa shape index (κ2) is 8.48. The minimum absolute atomic E-state index is 0.00864. The van der Waals surface area contributed by atoms with Crippen molar-refractivity contribution in [3.63, 3.8) is 0 Å². The molecular formula is C20H30N3O2+. The van der Waals surface area contributed by atoms with Gasteiger partial charge in [0, 0.05) is 6.04 Å². The number of benzene rings is 1. The summed E-state index contributed by atoms with van der Waals surface area (Å²) in [6, 6.07) is 7.58. The lowest BCUT2D eigenvalue weighted by Gasteiger charge is -2.26. The van der Waals surface area contributed by atoms with Gasteiger partial charge in [0.1, 0.15) is 0 Å². The monoisotopic (exact) mass is 344 g/mol. The SMILES string of the molecule is CC1CC[NH+](CC(=O)Nc2ccccc2C(=O)NC2CCCC2)CC1. The van der Waals surface area contributed by atoms with Gasteiger partial charge < -0.3 is 15.5 Å². The van der Waals surface area contributed by atoms with E-state index >= 15 is 0 Å². The highest BCUT2D eigenvalue weighted by Gasteiger charge is 2.23. The van der Waals surface area contributed by atoms with E-state index in [1.165, 1.54) is 30.6 Å². The molecule has 0 aromatic heterocycles. The van der Waals surface area contributed by atoms with Crippen molar-refractivity contribution < 1.29 is 14.5 Å². The minimum Gasteiger partial charge on any atom is -0.349 e. The van der Waals surface area contributed by atoms with Gasteiger partial charge in [0.15, 0.2) is 6.54 Å². The molecule has 0 atom stereocenters. The molecule has 1 saturated carbocycles. The van der Waals surface area contributed by atoms with E-state index in [0.717, 1.165) is 31.8 Å². The zero-order valence-electron chi connectivity index (χ0n) is 15.1. The second-order valence-electron chi connectivity index (χ2n) is 7.66. The van der Waals surface area contributed by atoms with Crippen LogP contribution >= 0.6 is 0 Å². The van der Waals surface area contributed by atoms with Crippen LogP contribution in [0.1, 0.15) is 55.8 Å². The normalized spacial score (nSPS) is 24.0. The number of para-hydroxylation sites is 1. The van der Waals surface area contributed by atoms with Crippen LogP contribution in [0.2, 0.25) is 0 Å². The molecular weight excluding hydrogens is 314 g/mol. The predicted octanol–water partition coefficient (Wildman–Crippen LogP) is 1.61. The average Bonchev–Trinajstić information content (AvgIpc) is 3.10. The molecule has 2 amide bonds. The molecule has 0 bridgehead atoms. The number of amides is 2. The summed E-state index contributed by atoms with van der Waals surface area (Å²) in [5, 5.41) is 6.05. The van der Waals surface area contributed by atoms with Crippen LogP contribution in [0.3, 0.4) is 0 Å². The summed E-state index contributed by atoms with van der Waals surface area (Å²) in [5.74, 6) is 0.680. The number of piperidine rings is 1. The van der Waals surface area contributed by atoms with E-state index in [9.17, 15) is 9.59 Å². The number of nitrogens with one attached hydrogen (secondary N) is 3. The number of likely N-dealkylation sites (tertiary alicyclic amines) is 1. The Hall–Kier alpha value is -1.88. The predicted molar refractivity (Wildman–Crippen MR) is 98.8 cm³/mol. The van der Waals surface area contributed by atoms with Crippen molar-refractivity contribution in [3.05, 3.63) is 29.8 Å². The maximum Gasteiger partial charge on any atom is 0.279 e. The van der Waals surface area contributed by atoms with Gasteiger partial charge in [-0.05, 0) is 43.7 Å². The summed E-state index contributed by atoms with van der Waals surface area (Å²) >= 11 is 0. The largest absolute Gasteiger partial charge is 0.349 e. The molecule has 5 nitrogen and oxygen atoms in total. The van der Waals surface area contributed by atoms with E-state index in [2.05, 4.69) is 17.6 Å².